The van der Waals surface area contributed by atoms with E-state index in [1.807, 2.05) is 0 Å². The molecule has 0 unspecified atom stereocenters. The Hall–Kier alpha value is -3.43. The summed E-state index contributed by atoms with van der Waals surface area (Å²) in [6, 6.07) is 0. The van der Waals surface area contributed by atoms with Crippen LogP contribution < -0.4 is 17.7 Å². The van der Waals surface area contributed by atoms with Crippen molar-refractivity contribution in [2.45, 2.75) is 270 Å². The highest BCUT2D eigenvalue weighted by Crippen LogP contribution is 2.17. The summed E-state index contributed by atoms with van der Waals surface area (Å²) in [4.78, 5) is 53.3. The van der Waals surface area contributed by atoms with Gasteiger partial charge in [0.25, 0.3) is 0 Å². The number of amides is 1. The lowest BCUT2D eigenvalue weighted by Gasteiger charge is -2.33. The van der Waals surface area contributed by atoms with Gasteiger partial charge in [0.1, 0.15) is 25.4 Å². The predicted octanol–water partition coefficient (Wildman–Crippen LogP) is 14.4. The lowest BCUT2D eigenvalue weighted by Crippen LogP contribution is -3.00. The fourth-order valence-electron chi connectivity index (χ4n) is 8.42. The van der Waals surface area contributed by atoms with Gasteiger partial charge >= 0.3 is 17.9 Å². The number of nitrogens with zero attached hydrogens (tertiary/aromatic N) is 1. The van der Waals surface area contributed by atoms with Gasteiger partial charge in [-0.3, -0.25) is 19.2 Å². The Labute approximate surface area is 468 Å². The molecule has 0 bridgehead atoms. The first-order chi connectivity index (χ1) is 36.0. The van der Waals surface area contributed by atoms with E-state index in [9.17, 15) is 19.2 Å². The molecule has 0 radical (unpaired) electrons. The zero-order chi connectivity index (χ0) is 54.3. The highest BCUT2D eigenvalue weighted by atomic mass is 35.5. The number of rotatable bonds is 53. The van der Waals surface area contributed by atoms with Crippen LogP contribution in [0.1, 0.15) is 265 Å². The van der Waals surface area contributed by atoms with Crippen LogP contribution in [0.5, 0.6) is 0 Å². The van der Waals surface area contributed by atoms with Crippen LogP contribution in [0.15, 0.2) is 72.9 Å². The highest BCUT2D eigenvalue weighted by Gasteiger charge is 2.37. The number of quaternary nitrogens is 1. The molecule has 0 spiro atoms. The molecule has 0 atom stereocenters. The number of unbranched alkanes of at least 4 members (excludes halogenated alkanes) is 24. The summed E-state index contributed by atoms with van der Waals surface area (Å²) >= 11 is 0. The van der Waals surface area contributed by atoms with Gasteiger partial charge < -0.3 is 36.4 Å². The second-order valence-electron chi connectivity index (χ2n) is 21.9. The maximum atomic E-state index is 13.6. The van der Waals surface area contributed by atoms with Crippen molar-refractivity contribution in [1.29, 1.82) is 0 Å². The number of nitrogens with one attached hydrogen (secondary N) is 1. The average Bonchev–Trinajstić information content (AvgIpc) is 3.37. The predicted molar refractivity (Wildman–Crippen MR) is 314 cm³/mol. The normalized spacial score (nSPS) is 12.3. The summed E-state index contributed by atoms with van der Waals surface area (Å²) < 4.78 is 18.3. The van der Waals surface area contributed by atoms with Gasteiger partial charge in [-0.25, -0.2) is 0 Å². The minimum atomic E-state index is -1.41. The molecule has 0 fully saturated rings. The largest absolute Gasteiger partial charge is 1.00 e. The van der Waals surface area contributed by atoms with Gasteiger partial charge in [-0.2, -0.15) is 0 Å². The number of carbonyl (C=O) groups excluding carboxylic acids is 4. The third-order valence-electron chi connectivity index (χ3n) is 13.2. The molecule has 0 rings (SSSR count). The first-order valence-corrected chi connectivity index (χ1v) is 30.4. The maximum Gasteiger partial charge on any atom is 0.305 e. The van der Waals surface area contributed by atoms with Crippen LogP contribution in [0.2, 0.25) is 0 Å². The number of carbonyl (C=O) groups is 4. The second kappa shape index (κ2) is 55.3. The maximum absolute atomic E-state index is 13.6. The summed E-state index contributed by atoms with van der Waals surface area (Å²) in [5.41, 5.74) is -1.41. The molecule has 0 aromatic heterocycles. The number of hydrogen-bond acceptors (Lipinski definition) is 7. The van der Waals surface area contributed by atoms with E-state index in [1.165, 1.54) is 77.0 Å². The Morgan fingerprint density at radius 1 is 0.360 bits per heavy atom. The van der Waals surface area contributed by atoms with Gasteiger partial charge in [0.2, 0.25) is 5.91 Å². The number of hydrogen-bond donors (Lipinski definition) is 1. The molecule has 1 N–H and O–H groups in total. The Bertz CT molecular complexity index is 1380. The molecule has 0 saturated heterocycles. The number of esters is 3. The van der Waals surface area contributed by atoms with Crippen molar-refractivity contribution < 1.29 is 50.3 Å². The smallest absolute Gasteiger partial charge is 0.305 e. The molecule has 0 heterocycles. The molecule has 434 valence electrons. The Morgan fingerprint density at radius 3 is 0.907 bits per heavy atom. The van der Waals surface area contributed by atoms with Crippen LogP contribution in [-0.4, -0.2) is 81.3 Å². The van der Waals surface area contributed by atoms with E-state index in [1.54, 1.807) is 0 Å². The van der Waals surface area contributed by atoms with Gasteiger partial charge in [0.15, 0.2) is 0 Å². The summed E-state index contributed by atoms with van der Waals surface area (Å²) in [5, 5.41) is 3.04. The molecule has 0 aliphatic carbocycles. The van der Waals surface area contributed by atoms with Gasteiger partial charge in [0, 0.05) is 32.1 Å². The van der Waals surface area contributed by atoms with E-state index in [-0.39, 0.29) is 81.7 Å². The lowest BCUT2D eigenvalue weighted by atomic mass is 10.0. The van der Waals surface area contributed by atoms with Crippen molar-refractivity contribution in [3.63, 3.8) is 0 Å². The zero-order valence-corrected chi connectivity index (χ0v) is 50.1. The summed E-state index contributed by atoms with van der Waals surface area (Å²) in [6.07, 6.45) is 64.7. The monoisotopic (exact) mass is 1070 g/mol. The number of ether oxygens (including phenoxy) is 3. The minimum absolute atomic E-state index is 0. The molecule has 0 aliphatic heterocycles. The molecule has 0 aromatic rings. The van der Waals surface area contributed by atoms with E-state index in [0.29, 0.717) is 30.2 Å². The zero-order valence-electron chi connectivity index (χ0n) is 49.3. The van der Waals surface area contributed by atoms with Crippen molar-refractivity contribution in [2.24, 2.45) is 0 Å². The molecule has 0 aliphatic rings. The summed E-state index contributed by atoms with van der Waals surface area (Å²) in [6.45, 7) is 6.70. The Balaban J connectivity index is 0. The molecule has 9 nitrogen and oxygen atoms in total. The van der Waals surface area contributed by atoms with Gasteiger partial charge in [0.05, 0.1) is 27.7 Å². The summed E-state index contributed by atoms with van der Waals surface area (Å²) in [7, 11) is 6.24. The minimum Gasteiger partial charge on any atom is -1.00 e. The fraction of sp³-hybridized carbons (Fsp3) is 0.754. The standard InChI is InChI=1S/C65H114N2O7.ClH/c1-7-10-13-16-19-22-25-28-31-34-37-40-43-46-49-54-62(69)72-58-65(66-61(68)53-52-57-67(4,5)6,59-73-63(70)55-50-47-44-41-38-35-32-29-26-23-20-17-14-11-8-2)60-74-64(71)56-51-48-45-42-39-36-33-30-27-24-21-18-15-12-9-3;/h19-24,28-33H,7-18,25-27,34-60H2,1-6H3;1H/b22-19-,23-20-,24-21-,31-28-,32-29-,33-30-;. The third kappa shape index (κ3) is 55.1. The number of halogens is 1. The summed E-state index contributed by atoms with van der Waals surface area (Å²) in [5.74, 6) is -1.41. The molecule has 0 aromatic carbocycles. The second-order valence-corrected chi connectivity index (χ2v) is 21.9. The van der Waals surface area contributed by atoms with Gasteiger partial charge in [-0.05, 0) is 116 Å². The SMILES string of the molecule is CCCCC/C=C\C/C=C\CCCCCCCC(=O)OCC(COC(=O)CCCCCCC/C=C\C/C=C\CCCCC)(COC(=O)CCCCCCC/C=C\C/C=C\CCCCC)NC(=O)CCC[N+](C)(C)C.[Cl-]. The Morgan fingerprint density at radius 2 is 0.627 bits per heavy atom. The van der Waals surface area contributed by atoms with E-state index >= 15 is 0 Å². The van der Waals surface area contributed by atoms with Crippen LogP contribution in [0.25, 0.3) is 0 Å². The fourth-order valence-corrected chi connectivity index (χ4v) is 8.42. The van der Waals surface area contributed by atoms with Crippen LogP contribution >= 0.6 is 0 Å². The highest BCUT2D eigenvalue weighted by molar-refractivity contribution is 5.77. The van der Waals surface area contributed by atoms with Crippen LogP contribution in [0, 0.1) is 0 Å². The lowest BCUT2D eigenvalue weighted by molar-refractivity contribution is -0.870. The molecule has 10 heteroatoms. The third-order valence-corrected chi connectivity index (χ3v) is 13.2. The molecule has 75 heavy (non-hydrogen) atoms. The van der Waals surface area contributed by atoms with E-state index in [0.717, 1.165) is 122 Å². The average molecular weight is 1070 g/mol. The van der Waals surface area contributed by atoms with Crippen LogP contribution in [0.3, 0.4) is 0 Å². The molecule has 1 amide bonds. The molecular weight excluding hydrogens is 956 g/mol. The molecule has 0 saturated carbocycles. The first-order valence-electron chi connectivity index (χ1n) is 30.4. The van der Waals surface area contributed by atoms with Crippen molar-refractivity contribution in [3.8, 4) is 0 Å². The molecular formula is C65H115ClN2O7. The van der Waals surface area contributed by atoms with Crippen molar-refractivity contribution >= 4 is 23.8 Å². The van der Waals surface area contributed by atoms with Crippen molar-refractivity contribution in [3.05, 3.63) is 72.9 Å². The number of allylic oxidation sites excluding steroid dienone is 12. The van der Waals surface area contributed by atoms with E-state index in [2.05, 4.69) is 120 Å². The van der Waals surface area contributed by atoms with Crippen molar-refractivity contribution in [2.75, 3.05) is 47.5 Å². The quantitative estimate of drug-likeness (QED) is 0.0212. The van der Waals surface area contributed by atoms with Gasteiger partial charge in [-0.1, -0.05) is 190 Å². The van der Waals surface area contributed by atoms with Gasteiger partial charge in [-0.15, -0.1) is 0 Å². The van der Waals surface area contributed by atoms with Crippen LogP contribution in [0.4, 0.5) is 0 Å². The van der Waals surface area contributed by atoms with Crippen LogP contribution in [-0.2, 0) is 33.4 Å². The topological polar surface area (TPSA) is 108 Å². The van der Waals surface area contributed by atoms with E-state index < -0.39 is 5.54 Å². The first kappa shape index (κ1) is 73.6. The Kier molecular flexibility index (Phi) is 54.3. The van der Waals surface area contributed by atoms with Crippen molar-refractivity contribution in [1.82, 2.24) is 5.32 Å². The van der Waals surface area contributed by atoms with E-state index in [4.69, 9.17) is 14.2 Å².